The molecule has 78 valence electrons. The molecule has 0 bridgehead atoms. The second-order valence-corrected chi connectivity index (χ2v) is 4.39. The average molecular weight is 209 g/mol. The third-order valence-corrected chi connectivity index (χ3v) is 2.48. The number of hydrogen-bond donors (Lipinski definition) is 5. The van der Waals surface area contributed by atoms with Crippen LogP contribution in [0, 0.1) is 5.41 Å². The molecule has 8 N–H and O–H groups in total. The highest BCUT2D eigenvalue weighted by molar-refractivity contribution is 7.89. The van der Waals surface area contributed by atoms with Crippen molar-refractivity contribution in [3.05, 3.63) is 0 Å². The molecule has 0 saturated heterocycles. The van der Waals surface area contributed by atoms with E-state index >= 15 is 0 Å². The van der Waals surface area contributed by atoms with Gasteiger partial charge >= 0.3 is 0 Å². The summed E-state index contributed by atoms with van der Waals surface area (Å²) in [5.41, 5.74) is 10.2. The molecule has 0 aliphatic carbocycles. The Morgan fingerprint density at radius 3 is 2.46 bits per heavy atom. The van der Waals surface area contributed by atoms with Crippen molar-refractivity contribution in [2.24, 2.45) is 16.6 Å². The van der Waals surface area contributed by atoms with Crippen LogP contribution in [-0.4, -0.2) is 26.3 Å². The molecule has 0 aliphatic rings. The van der Waals surface area contributed by atoms with Crippen LogP contribution >= 0.6 is 0 Å². The van der Waals surface area contributed by atoms with Gasteiger partial charge in [-0.1, -0.05) is 0 Å². The predicted molar refractivity (Wildman–Crippen MR) is 50.2 cm³/mol. The van der Waals surface area contributed by atoms with Crippen molar-refractivity contribution < 1.29 is 8.42 Å². The van der Waals surface area contributed by atoms with E-state index in [1.54, 1.807) is 0 Å². The number of nitrogens with one attached hydrogen (secondary N) is 2. The van der Waals surface area contributed by atoms with Gasteiger partial charge in [0.1, 0.15) is 5.37 Å². The summed E-state index contributed by atoms with van der Waals surface area (Å²) in [4.78, 5) is 0. The van der Waals surface area contributed by atoms with Crippen LogP contribution in [0.4, 0.5) is 0 Å². The van der Waals surface area contributed by atoms with Crippen LogP contribution in [0.1, 0.15) is 12.8 Å². The molecule has 0 rings (SSSR count). The maximum atomic E-state index is 10.6. The van der Waals surface area contributed by atoms with Crippen molar-refractivity contribution in [3.8, 4) is 0 Å². The van der Waals surface area contributed by atoms with E-state index in [1.165, 1.54) is 0 Å². The molecule has 13 heavy (non-hydrogen) atoms. The molecule has 8 heteroatoms. The highest BCUT2D eigenvalue weighted by Crippen LogP contribution is 1.97. The van der Waals surface area contributed by atoms with E-state index in [4.69, 9.17) is 22.0 Å². The molecule has 0 aromatic heterocycles. The highest BCUT2D eigenvalue weighted by atomic mass is 32.2. The quantitative estimate of drug-likeness (QED) is 0.198. The van der Waals surface area contributed by atoms with E-state index in [-0.39, 0.29) is 12.4 Å². The molecular formula is C5H15N5O2S. The molecule has 0 fully saturated rings. The molecule has 7 nitrogen and oxygen atoms in total. The summed E-state index contributed by atoms with van der Waals surface area (Å²) in [7, 11) is -3.64. The first-order valence-corrected chi connectivity index (χ1v) is 5.30. The highest BCUT2D eigenvalue weighted by Gasteiger charge is 2.14. The summed E-state index contributed by atoms with van der Waals surface area (Å²) >= 11 is 0. The first kappa shape index (κ1) is 12.1. The monoisotopic (exact) mass is 209 g/mol. The van der Waals surface area contributed by atoms with Gasteiger partial charge in [0.2, 0.25) is 10.0 Å². The summed E-state index contributed by atoms with van der Waals surface area (Å²) in [6, 6.07) is 0. The van der Waals surface area contributed by atoms with Gasteiger partial charge in [-0.2, -0.15) is 0 Å². The molecule has 0 unspecified atom stereocenters. The lowest BCUT2D eigenvalue weighted by Crippen LogP contribution is -2.37. The minimum absolute atomic E-state index is 0.149. The predicted octanol–water partition coefficient (Wildman–Crippen LogP) is -2.18. The standard InChI is InChI=1S/C5H15N5O2S/c6-4(13(9,11)12)2-1-3-10-5(7)8/h4H,1-3,6H2,(H4,7,8,10)(H2,9,11,12)/t4-/m1/s1. The zero-order valence-electron chi connectivity index (χ0n) is 7.16. The van der Waals surface area contributed by atoms with E-state index in [1.807, 2.05) is 0 Å². The Kier molecular flexibility index (Phi) is 4.67. The second kappa shape index (κ2) is 5.00. The van der Waals surface area contributed by atoms with E-state index in [0.29, 0.717) is 13.0 Å². The van der Waals surface area contributed by atoms with Crippen molar-refractivity contribution in [2.75, 3.05) is 6.54 Å². The van der Waals surface area contributed by atoms with Crippen LogP contribution < -0.4 is 21.9 Å². The maximum Gasteiger partial charge on any atom is 0.224 e. The maximum absolute atomic E-state index is 10.6. The average Bonchev–Trinajstić information content (AvgIpc) is 1.95. The zero-order chi connectivity index (χ0) is 10.5. The van der Waals surface area contributed by atoms with Crippen LogP contribution in [0.15, 0.2) is 0 Å². The fraction of sp³-hybridized carbons (Fsp3) is 0.800. The second-order valence-electron chi connectivity index (χ2n) is 2.61. The lowest BCUT2D eigenvalue weighted by atomic mass is 10.3. The third-order valence-electron chi connectivity index (χ3n) is 1.40. The molecule has 0 heterocycles. The summed E-state index contributed by atoms with van der Waals surface area (Å²) in [6.07, 6.45) is 0.746. The topological polar surface area (TPSA) is 148 Å². The number of guanidine groups is 1. The molecule has 0 radical (unpaired) electrons. The van der Waals surface area contributed by atoms with E-state index in [2.05, 4.69) is 5.32 Å². The van der Waals surface area contributed by atoms with E-state index < -0.39 is 15.4 Å². The molecule has 0 aromatic rings. The number of sulfonamides is 1. The Bertz CT molecular complexity index is 262. The van der Waals surface area contributed by atoms with Gasteiger partial charge in [0, 0.05) is 6.54 Å². The fourth-order valence-corrected chi connectivity index (χ4v) is 1.19. The lowest BCUT2D eigenvalue weighted by Gasteiger charge is -2.08. The smallest absolute Gasteiger partial charge is 0.224 e. The summed E-state index contributed by atoms with van der Waals surface area (Å²) < 4.78 is 21.2. The number of rotatable bonds is 5. The molecule has 0 aromatic carbocycles. The molecule has 0 amide bonds. The van der Waals surface area contributed by atoms with Crippen LogP contribution in [0.2, 0.25) is 0 Å². The fourth-order valence-electron chi connectivity index (χ4n) is 0.691. The third kappa shape index (κ3) is 6.31. The van der Waals surface area contributed by atoms with Gasteiger partial charge in [0.15, 0.2) is 5.96 Å². The molecule has 0 saturated carbocycles. The molecular weight excluding hydrogens is 194 g/mol. The van der Waals surface area contributed by atoms with Gasteiger partial charge in [-0.05, 0) is 12.8 Å². The van der Waals surface area contributed by atoms with Crippen LogP contribution in [0.5, 0.6) is 0 Å². The first-order valence-electron chi connectivity index (χ1n) is 3.69. The van der Waals surface area contributed by atoms with Crippen molar-refractivity contribution >= 4 is 16.0 Å². The molecule has 1 atom stereocenters. The van der Waals surface area contributed by atoms with Gasteiger partial charge in [-0.15, -0.1) is 0 Å². The van der Waals surface area contributed by atoms with Crippen LogP contribution in [0.3, 0.4) is 0 Å². The van der Waals surface area contributed by atoms with Crippen molar-refractivity contribution in [2.45, 2.75) is 18.2 Å². The summed E-state index contributed by atoms with van der Waals surface area (Å²) in [5, 5.41) is 13.1. The van der Waals surface area contributed by atoms with Crippen molar-refractivity contribution in [3.63, 3.8) is 0 Å². The Labute approximate surface area is 77.2 Å². The largest absolute Gasteiger partial charge is 0.370 e. The summed E-state index contributed by atoms with van der Waals surface area (Å²) in [5.74, 6) is -0.149. The Hall–Kier alpha value is -0.860. The Morgan fingerprint density at radius 2 is 2.08 bits per heavy atom. The molecule has 0 aliphatic heterocycles. The van der Waals surface area contributed by atoms with Gasteiger partial charge in [-0.25, -0.2) is 13.6 Å². The van der Waals surface area contributed by atoms with Crippen molar-refractivity contribution in [1.82, 2.24) is 5.32 Å². The first-order chi connectivity index (χ1) is 5.84. The minimum atomic E-state index is -3.64. The van der Waals surface area contributed by atoms with Gasteiger partial charge in [0.05, 0.1) is 0 Å². The number of hydrogen-bond acceptors (Lipinski definition) is 4. The Morgan fingerprint density at radius 1 is 1.54 bits per heavy atom. The molecule has 0 spiro atoms. The van der Waals surface area contributed by atoms with Crippen molar-refractivity contribution in [1.29, 1.82) is 5.41 Å². The summed E-state index contributed by atoms with van der Waals surface area (Å²) in [6.45, 7) is 0.415. The van der Waals surface area contributed by atoms with Gasteiger partial charge in [0.25, 0.3) is 0 Å². The van der Waals surface area contributed by atoms with Gasteiger partial charge < -0.3 is 16.8 Å². The number of nitrogens with two attached hydrogens (primary N) is 3. The van der Waals surface area contributed by atoms with Crippen LogP contribution in [-0.2, 0) is 10.0 Å². The lowest BCUT2D eigenvalue weighted by molar-refractivity contribution is 0.568. The van der Waals surface area contributed by atoms with E-state index in [9.17, 15) is 8.42 Å². The Balaban J connectivity index is 3.61. The number of primary sulfonamides is 1. The van der Waals surface area contributed by atoms with E-state index in [0.717, 1.165) is 0 Å². The normalized spacial score (nSPS) is 13.7. The van der Waals surface area contributed by atoms with Gasteiger partial charge in [-0.3, -0.25) is 5.41 Å². The minimum Gasteiger partial charge on any atom is -0.370 e. The van der Waals surface area contributed by atoms with Crippen LogP contribution in [0.25, 0.3) is 0 Å². The zero-order valence-corrected chi connectivity index (χ0v) is 7.97. The SMILES string of the molecule is N=C(N)NCCC[C@H](N)S(N)(=O)=O.